The van der Waals surface area contributed by atoms with Crippen LogP contribution in [0.1, 0.15) is 38.5 Å². The molecule has 4 heterocycles. The highest BCUT2D eigenvalue weighted by atomic mass is 79.9. The van der Waals surface area contributed by atoms with Crippen molar-refractivity contribution in [2.45, 2.75) is 51.6 Å². The number of fused-ring (bicyclic) bond motifs is 12. The molecule has 0 saturated heterocycles. The Bertz CT molecular complexity index is 3480. The van der Waals surface area contributed by atoms with E-state index in [1.54, 1.807) is 0 Å². The highest BCUT2D eigenvalue weighted by Gasteiger charge is 2.27. The van der Waals surface area contributed by atoms with Crippen molar-refractivity contribution < 1.29 is 52.7 Å². The summed E-state index contributed by atoms with van der Waals surface area (Å²) < 4.78 is 8.15. The van der Waals surface area contributed by atoms with E-state index >= 15 is 0 Å². The zero-order valence-corrected chi connectivity index (χ0v) is 38.2. The molecular weight excluding hydrogens is 928 g/mol. The minimum atomic E-state index is -0.00208. The molecule has 0 aliphatic heterocycles. The number of imidazole rings is 2. The number of unbranched alkanes of at least 4 members (excludes halogenated alkanes) is 5. The van der Waals surface area contributed by atoms with Crippen LogP contribution in [0.3, 0.4) is 0 Å². The van der Waals surface area contributed by atoms with Gasteiger partial charge in [-0.3, -0.25) is 9.59 Å². The van der Waals surface area contributed by atoms with Gasteiger partial charge in [-0.25, -0.2) is 9.13 Å². The van der Waals surface area contributed by atoms with Crippen LogP contribution in [0.25, 0.3) is 98.3 Å². The Morgan fingerprint density at radius 1 is 0.453 bits per heavy atom. The number of benzene rings is 6. The Morgan fingerprint density at radius 2 is 0.844 bits per heavy atom. The summed E-state index contributed by atoms with van der Waals surface area (Å²) in [7, 11) is 0. The minimum Gasteiger partial charge on any atom is -1.00 e. The molecule has 0 aliphatic rings. The molecule has 0 atom stereocenters. The Morgan fingerprint density at radius 3 is 1.28 bits per heavy atom. The van der Waals surface area contributed by atoms with Crippen molar-refractivity contribution in [2.24, 2.45) is 0 Å². The van der Waals surface area contributed by atoms with E-state index in [4.69, 9.17) is 10.2 Å². The van der Waals surface area contributed by atoms with Gasteiger partial charge < -0.3 is 44.6 Å². The van der Waals surface area contributed by atoms with Crippen molar-refractivity contribution in [1.29, 1.82) is 0 Å². The summed E-state index contributed by atoms with van der Waals surface area (Å²) in [4.78, 5) is 26.7. The van der Waals surface area contributed by atoms with Crippen molar-refractivity contribution in [3.05, 3.63) is 133 Å². The molecule has 0 aliphatic carbocycles. The number of rotatable bonds is 13. The maximum Gasteiger partial charge on any atom is 0.309 e. The smallest absolute Gasteiger partial charge is 0.309 e. The average molecular weight is 973 g/mol. The second-order valence-corrected chi connectivity index (χ2v) is 16.7. The summed E-state index contributed by atoms with van der Waals surface area (Å²) in [6.07, 6.45) is 6.13. The van der Waals surface area contributed by atoms with E-state index in [0.29, 0.717) is 13.1 Å². The summed E-state index contributed by atoms with van der Waals surface area (Å²) in [5, 5.41) is 28.5. The van der Waals surface area contributed by atoms with Crippen LogP contribution in [0.15, 0.2) is 133 Å². The van der Waals surface area contributed by atoms with E-state index in [-0.39, 0.29) is 58.9 Å². The molecule has 4 aromatic heterocycles. The molecule has 0 radical (unpaired) electrons. The predicted molar refractivity (Wildman–Crippen MR) is 247 cm³/mol. The highest BCUT2D eigenvalue weighted by molar-refractivity contribution is 6.30. The van der Waals surface area contributed by atoms with Crippen LogP contribution in [0, 0.1) is 0 Å². The van der Waals surface area contributed by atoms with E-state index < -0.39 is 0 Å². The lowest BCUT2D eigenvalue weighted by molar-refractivity contribution is -0.632. The molecule has 12 rings (SSSR count). The second kappa shape index (κ2) is 16.9. The number of aromatic nitrogens is 6. The van der Waals surface area contributed by atoms with Gasteiger partial charge in [0.2, 0.25) is 11.0 Å². The van der Waals surface area contributed by atoms with Crippen molar-refractivity contribution >= 4 is 110 Å². The van der Waals surface area contributed by atoms with Crippen LogP contribution in [0.5, 0.6) is 0 Å². The van der Waals surface area contributed by atoms with Crippen LogP contribution in [0.2, 0.25) is 0 Å². The lowest BCUT2D eigenvalue weighted by Gasteiger charge is -2.06. The second-order valence-electron chi connectivity index (χ2n) is 16.7. The molecule has 2 amide bonds. The third kappa shape index (κ3) is 6.73. The number of hydrogen-bond acceptors (Lipinski definition) is 4. The minimum absolute atomic E-state index is 0. The molecular formula is C52H44Br2N8O2. The largest absolute Gasteiger partial charge is 1.00 e. The van der Waals surface area contributed by atoms with Crippen molar-refractivity contribution in [1.82, 2.24) is 29.9 Å². The number of halogens is 2. The quantitative estimate of drug-likeness (QED) is 0.137. The molecule has 0 saturated carbocycles. The molecule has 318 valence electrons. The summed E-state index contributed by atoms with van der Waals surface area (Å²) >= 11 is 0. The van der Waals surface area contributed by atoms with Gasteiger partial charge >= 0.3 is 11.3 Å². The number of para-hydroxylation sites is 4. The molecule has 2 N–H and O–H groups in total. The molecule has 0 fully saturated rings. The topological polar surface area (TPSA) is 101 Å². The van der Waals surface area contributed by atoms with Crippen LogP contribution in [-0.2, 0) is 22.7 Å². The van der Waals surface area contributed by atoms with E-state index in [0.717, 1.165) is 104 Å². The fraction of sp³-hybridized carbons (Fsp3) is 0.192. The van der Waals surface area contributed by atoms with E-state index in [9.17, 15) is 9.59 Å². The first kappa shape index (κ1) is 41.5. The van der Waals surface area contributed by atoms with E-state index in [1.807, 2.05) is 33.3 Å². The Labute approximate surface area is 388 Å². The van der Waals surface area contributed by atoms with Crippen molar-refractivity contribution in [3.63, 3.8) is 0 Å². The van der Waals surface area contributed by atoms with E-state index in [2.05, 4.69) is 129 Å². The third-order valence-electron chi connectivity index (χ3n) is 13.0. The predicted octanol–water partition coefficient (Wildman–Crippen LogP) is 2.94. The molecule has 12 heteroatoms. The Balaban J connectivity index is 0.00000242. The normalized spacial score (nSPS) is 11.9. The summed E-state index contributed by atoms with van der Waals surface area (Å²) in [6, 6.07) is 46.4. The first-order chi connectivity index (χ1) is 30.6. The number of carbonyl (C=O) groups is 2. The number of nitrogens with zero attached hydrogens (tertiary/aromatic N) is 6. The monoisotopic (exact) mass is 970 g/mol. The molecule has 0 bridgehead atoms. The zero-order valence-electron chi connectivity index (χ0n) is 35.0. The maximum atomic E-state index is 13.4. The highest BCUT2D eigenvalue weighted by Crippen LogP contribution is 2.39. The van der Waals surface area contributed by atoms with Crippen LogP contribution in [0.4, 0.5) is 0 Å². The molecule has 0 spiro atoms. The summed E-state index contributed by atoms with van der Waals surface area (Å²) in [6.45, 7) is 1.74. The zero-order chi connectivity index (χ0) is 41.3. The van der Waals surface area contributed by atoms with Gasteiger partial charge in [-0.15, -0.1) is 0 Å². The standard InChI is InChI=1S/C52H42N8O2.2BrH/c61-45(31-57-41-23-5-7-25-43(41)59-47(57)29-39-35-19-11-15-33-17-13-21-37(49(33)35)51(39)55-59)53-27-9-3-1-2-4-10-28-54-46(62)32-58-42-24-6-8-26-44(42)60-48(58)30-40-36-20-12-16-34-18-14-22-38(50(34)36)52(40)56-60;;/h5-8,11-26,29-30H,1-4,9-10,27-28,31-32H2;2*1H. The van der Waals surface area contributed by atoms with Gasteiger partial charge in [-0.1, -0.05) is 142 Å². The van der Waals surface area contributed by atoms with Gasteiger partial charge in [0, 0.05) is 46.8 Å². The average Bonchev–Trinajstić information content (AvgIpc) is 4.00. The van der Waals surface area contributed by atoms with Crippen LogP contribution >= 0.6 is 0 Å². The summed E-state index contributed by atoms with van der Waals surface area (Å²) in [5.41, 5.74) is 7.68. The van der Waals surface area contributed by atoms with Crippen molar-refractivity contribution in [2.75, 3.05) is 13.1 Å². The molecule has 12 aromatic rings. The summed E-state index contributed by atoms with van der Waals surface area (Å²) in [5.74, 6) is -0.00416. The molecule has 10 nitrogen and oxygen atoms in total. The van der Waals surface area contributed by atoms with Gasteiger partial charge in [0.1, 0.15) is 11.0 Å². The van der Waals surface area contributed by atoms with Gasteiger partial charge in [0.15, 0.2) is 24.1 Å². The third-order valence-corrected chi connectivity index (χ3v) is 13.0. The Hall–Kier alpha value is -6.50. The van der Waals surface area contributed by atoms with Gasteiger partial charge in [0.05, 0.1) is 0 Å². The van der Waals surface area contributed by atoms with E-state index in [1.165, 1.54) is 32.3 Å². The van der Waals surface area contributed by atoms with Gasteiger partial charge in [-0.2, -0.15) is 0 Å². The molecule has 8 aromatic carbocycles. The fourth-order valence-corrected chi connectivity index (χ4v) is 10.1. The molecule has 0 unspecified atom stereocenters. The number of amides is 2. The fourth-order valence-electron chi connectivity index (χ4n) is 10.1. The maximum absolute atomic E-state index is 13.4. The van der Waals surface area contributed by atoms with Crippen molar-refractivity contribution in [3.8, 4) is 0 Å². The number of nitrogens with one attached hydrogen (secondary N) is 2. The van der Waals surface area contributed by atoms with Crippen LogP contribution < -0.4 is 53.7 Å². The van der Waals surface area contributed by atoms with Crippen LogP contribution in [-0.4, -0.2) is 44.1 Å². The Kier molecular flexibility index (Phi) is 11.0. The van der Waals surface area contributed by atoms with Gasteiger partial charge in [0.25, 0.3) is 11.8 Å². The lowest BCUT2D eigenvalue weighted by Crippen LogP contribution is -3.00. The first-order valence-electron chi connectivity index (χ1n) is 21.9. The lowest BCUT2D eigenvalue weighted by atomic mass is 10.1. The number of hydrogen-bond donors (Lipinski definition) is 2. The van der Waals surface area contributed by atoms with Gasteiger partial charge in [-0.05, 0) is 69.4 Å². The first-order valence-corrected chi connectivity index (χ1v) is 21.9. The SMILES string of the molecule is O=C(C[n+]1c2ccccc2n2nc3c(cc21)c1cccc2cccc3c21)NCCCCCCCCNC(=O)C[n+]1c2ccccc2n2nc3c(cc21)c1cccc2cccc3c21.[Br-].[Br-]. The molecule has 64 heavy (non-hydrogen) atoms. The number of carbonyl (C=O) groups excluding carboxylic acids is 2.